The van der Waals surface area contributed by atoms with Crippen molar-refractivity contribution in [1.82, 2.24) is 0 Å². The van der Waals surface area contributed by atoms with Gasteiger partial charge in [0.05, 0.1) is 0 Å². The fraction of sp³-hybridized carbons (Fsp3) is 0.304. The highest BCUT2D eigenvalue weighted by molar-refractivity contribution is 9.15. The summed E-state index contributed by atoms with van der Waals surface area (Å²) in [6.07, 6.45) is 2.40. The molecule has 0 aliphatic rings. The number of rotatable bonds is 6. The maximum atomic E-state index is 8.23. The Morgan fingerprint density at radius 3 is 2.48 bits per heavy atom. The smallest absolute Gasteiger partial charge is 0.148 e. The molecule has 2 aromatic rings. The van der Waals surface area contributed by atoms with E-state index in [9.17, 15) is 0 Å². The molecule has 0 atom stereocenters. The molecule has 0 spiro atoms. The normalized spacial score (nSPS) is 12.2. The first-order valence-electron chi connectivity index (χ1n) is 9.21. The average Bonchev–Trinajstić information content (AvgIpc) is 2.65. The summed E-state index contributed by atoms with van der Waals surface area (Å²) in [4.78, 5) is 6.41. The van der Waals surface area contributed by atoms with Gasteiger partial charge >= 0.3 is 0 Å². The van der Waals surface area contributed by atoms with E-state index in [1.54, 1.807) is 6.21 Å². The summed E-state index contributed by atoms with van der Waals surface area (Å²) in [5.74, 6) is 0.304. The van der Waals surface area contributed by atoms with Gasteiger partial charge in [-0.2, -0.15) is 0 Å². The Labute approximate surface area is 171 Å². The zero-order chi connectivity index (χ0) is 20.0. The van der Waals surface area contributed by atoms with Crippen LogP contribution in [0, 0.1) is 19.3 Å². The van der Waals surface area contributed by atoms with Gasteiger partial charge in [0, 0.05) is 41.1 Å². The lowest BCUT2D eigenvalue weighted by atomic mass is 10.0. The molecule has 0 aliphatic carbocycles. The fourth-order valence-electron chi connectivity index (χ4n) is 3.05. The van der Waals surface area contributed by atoms with E-state index < -0.39 is 0 Å². The third-order valence-corrected chi connectivity index (χ3v) is 5.61. The first-order valence-corrected chi connectivity index (χ1v) is 10.0. The second-order valence-corrected chi connectivity index (χ2v) is 7.47. The molecular formula is C23H28BrN3. The molecule has 0 radical (unpaired) electrons. The van der Waals surface area contributed by atoms with Crippen molar-refractivity contribution in [2.45, 2.75) is 40.7 Å². The molecule has 4 heteroatoms. The Morgan fingerprint density at radius 1 is 1.15 bits per heavy atom. The summed E-state index contributed by atoms with van der Waals surface area (Å²) in [5.41, 5.74) is 7.03. The molecule has 0 amide bonds. The van der Waals surface area contributed by atoms with E-state index in [4.69, 9.17) is 5.41 Å². The summed E-state index contributed by atoms with van der Waals surface area (Å²) in [7, 11) is 2.11. The lowest BCUT2D eigenvalue weighted by Crippen LogP contribution is -2.18. The molecule has 0 heterocycles. The van der Waals surface area contributed by atoms with Crippen LogP contribution < -0.4 is 4.90 Å². The van der Waals surface area contributed by atoms with Crippen LogP contribution in [0.3, 0.4) is 0 Å². The number of nitrogens with one attached hydrogen (secondary N) is 1. The third kappa shape index (κ3) is 5.16. The third-order valence-electron chi connectivity index (χ3n) is 4.71. The number of benzene rings is 2. The summed E-state index contributed by atoms with van der Waals surface area (Å²) in [5, 5.41) is 8.23. The summed E-state index contributed by atoms with van der Waals surface area (Å²) >= 11 is 3.75. The summed E-state index contributed by atoms with van der Waals surface area (Å²) in [6, 6.07) is 14.9. The number of aliphatic imine (C=N–C) groups is 1. The highest BCUT2D eigenvalue weighted by atomic mass is 79.9. The van der Waals surface area contributed by atoms with Gasteiger partial charge in [0.15, 0.2) is 0 Å². The summed E-state index contributed by atoms with van der Waals surface area (Å²) in [6.45, 7) is 9.00. The molecular weight excluding hydrogens is 398 g/mol. The molecule has 0 bridgehead atoms. The Morgan fingerprint density at radius 2 is 1.85 bits per heavy atom. The van der Waals surface area contributed by atoms with E-state index in [0.717, 1.165) is 34.3 Å². The van der Waals surface area contributed by atoms with E-state index in [0.29, 0.717) is 5.84 Å². The molecule has 2 rings (SSSR count). The number of para-hydroxylation sites is 1. The molecule has 0 fully saturated rings. The number of amidine groups is 1. The largest absolute Gasteiger partial charge is 0.370 e. The van der Waals surface area contributed by atoms with Crippen LogP contribution in [0.4, 0.5) is 5.69 Å². The molecule has 142 valence electrons. The van der Waals surface area contributed by atoms with Gasteiger partial charge < -0.3 is 4.90 Å². The van der Waals surface area contributed by atoms with Crippen LogP contribution in [0.2, 0.25) is 0 Å². The standard InChI is InChI=1S/C23H28BrN3/c1-6-19(23(25)26-7-2)22(24)20-10-8-9-11-21(20)27(5)15-18-13-12-16(3)17(4)14-18/h7-14,25H,6,15H2,1-5H3/b22-19-,25-23?,26-7-. The Kier molecular flexibility index (Phi) is 7.55. The van der Waals surface area contributed by atoms with Crippen molar-refractivity contribution in [2.24, 2.45) is 4.99 Å². The number of nitrogens with zero attached hydrogens (tertiary/aromatic N) is 2. The molecule has 0 saturated heterocycles. The van der Waals surface area contributed by atoms with Crippen molar-refractivity contribution in [3.63, 3.8) is 0 Å². The van der Waals surface area contributed by atoms with Crippen molar-refractivity contribution >= 4 is 38.1 Å². The van der Waals surface area contributed by atoms with Gasteiger partial charge in [-0.15, -0.1) is 0 Å². The van der Waals surface area contributed by atoms with E-state index >= 15 is 0 Å². The molecule has 3 nitrogen and oxygen atoms in total. The first-order chi connectivity index (χ1) is 12.9. The molecule has 0 saturated carbocycles. The van der Waals surface area contributed by atoms with Gasteiger partial charge in [0.25, 0.3) is 0 Å². The molecule has 2 aromatic carbocycles. The maximum absolute atomic E-state index is 8.23. The number of halogens is 1. The van der Waals surface area contributed by atoms with Gasteiger partial charge in [-0.1, -0.05) is 43.3 Å². The first kappa shape index (κ1) is 21.1. The fourth-order valence-corrected chi connectivity index (χ4v) is 3.85. The monoisotopic (exact) mass is 425 g/mol. The zero-order valence-corrected chi connectivity index (χ0v) is 18.4. The molecule has 0 aliphatic heterocycles. The summed E-state index contributed by atoms with van der Waals surface area (Å²) < 4.78 is 0.933. The van der Waals surface area contributed by atoms with Gasteiger partial charge in [0.1, 0.15) is 5.84 Å². The number of anilines is 1. The predicted molar refractivity (Wildman–Crippen MR) is 122 cm³/mol. The maximum Gasteiger partial charge on any atom is 0.148 e. The molecule has 0 aromatic heterocycles. The topological polar surface area (TPSA) is 39.5 Å². The van der Waals surface area contributed by atoms with Crippen molar-refractivity contribution in [3.05, 3.63) is 70.3 Å². The number of aryl methyl sites for hydroxylation is 2. The number of hydrogen-bond donors (Lipinski definition) is 1. The minimum Gasteiger partial charge on any atom is -0.370 e. The minimum atomic E-state index is 0.304. The van der Waals surface area contributed by atoms with Crippen LogP contribution in [-0.4, -0.2) is 19.1 Å². The average molecular weight is 426 g/mol. The van der Waals surface area contributed by atoms with Crippen molar-refractivity contribution in [3.8, 4) is 0 Å². The molecule has 0 unspecified atom stereocenters. The van der Waals surface area contributed by atoms with Gasteiger partial charge in [-0.05, 0) is 65.9 Å². The van der Waals surface area contributed by atoms with Crippen LogP contribution in [0.25, 0.3) is 4.48 Å². The predicted octanol–water partition coefficient (Wildman–Crippen LogP) is 6.52. The Bertz CT molecular complexity index is 881. The van der Waals surface area contributed by atoms with Crippen LogP contribution in [0.15, 0.2) is 53.0 Å². The van der Waals surface area contributed by atoms with Gasteiger partial charge in [-0.25, -0.2) is 4.99 Å². The second kappa shape index (κ2) is 9.65. The van der Waals surface area contributed by atoms with Crippen LogP contribution in [-0.2, 0) is 6.54 Å². The Balaban J connectivity index is 2.41. The van der Waals surface area contributed by atoms with Crippen molar-refractivity contribution in [2.75, 3.05) is 11.9 Å². The molecule has 1 N–H and O–H groups in total. The Hall–Kier alpha value is -2.20. The van der Waals surface area contributed by atoms with Gasteiger partial charge in [-0.3, -0.25) is 5.41 Å². The lowest BCUT2D eigenvalue weighted by Gasteiger charge is -2.24. The van der Waals surface area contributed by atoms with Gasteiger partial charge in [0.2, 0.25) is 0 Å². The zero-order valence-electron chi connectivity index (χ0n) is 16.8. The highest BCUT2D eigenvalue weighted by Crippen LogP contribution is 2.35. The highest BCUT2D eigenvalue weighted by Gasteiger charge is 2.15. The van der Waals surface area contributed by atoms with Crippen molar-refractivity contribution in [1.29, 1.82) is 5.41 Å². The molecule has 27 heavy (non-hydrogen) atoms. The second-order valence-electron chi connectivity index (χ2n) is 6.67. The van der Waals surface area contributed by atoms with Crippen LogP contribution in [0.1, 0.15) is 42.5 Å². The number of hydrogen-bond acceptors (Lipinski definition) is 2. The van der Waals surface area contributed by atoms with E-state index in [-0.39, 0.29) is 0 Å². The SMILES string of the molecule is C/C=N\C(=N)/C(CC)=C(\Br)c1ccccc1N(C)Cc1ccc(C)c(C)c1. The lowest BCUT2D eigenvalue weighted by molar-refractivity contribution is 0.918. The van der Waals surface area contributed by atoms with E-state index in [1.807, 2.05) is 13.0 Å². The minimum absolute atomic E-state index is 0.304. The van der Waals surface area contributed by atoms with Crippen LogP contribution in [0.5, 0.6) is 0 Å². The van der Waals surface area contributed by atoms with Crippen LogP contribution >= 0.6 is 15.9 Å². The van der Waals surface area contributed by atoms with E-state index in [2.05, 4.69) is 90.0 Å². The van der Waals surface area contributed by atoms with Crippen molar-refractivity contribution < 1.29 is 0 Å². The van der Waals surface area contributed by atoms with E-state index in [1.165, 1.54) is 16.7 Å². The quantitative estimate of drug-likeness (QED) is 0.414.